The van der Waals surface area contributed by atoms with E-state index in [0.717, 1.165) is 15.4 Å². The molecule has 0 heterocycles. The van der Waals surface area contributed by atoms with E-state index in [9.17, 15) is 13.2 Å². The third-order valence-electron chi connectivity index (χ3n) is 2.69. The number of hydrogen-bond acceptors (Lipinski definition) is 4. The standard InChI is InChI=1S/C11H17N3O3S/c1-7-4-9(12)10(5-8(7)2)18(16,17)14(3)6-11(13)15/h4-5H,6,12H2,1-3H3,(H2,13,15). The van der Waals surface area contributed by atoms with Gasteiger partial charge >= 0.3 is 0 Å². The van der Waals surface area contributed by atoms with Gasteiger partial charge in [0.05, 0.1) is 12.2 Å². The van der Waals surface area contributed by atoms with Gasteiger partial charge in [0.1, 0.15) is 4.90 Å². The highest BCUT2D eigenvalue weighted by molar-refractivity contribution is 7.89. The summed E-state index contributed by atoms with van der Waals surface area (Å²) in [5, 5.41) is 0. The van der Waals surface area contributed by atoms with Crippen molar-refractivity contribution in [2.24, 2.45) is 5.73 Å². The Kier molecular flexibility index (Phi) is 3.98. The molecule has 0 fully saturated rings. The number of carbonyl (C=O) groups is 1. The monoisotopic (exact) mass is 271 g/mol. The van der Waals surface area contributed by atoms with E-state index in [-0.39, 0.29) is 17.1 Å². The molecule has 1 aromatic carbocycles. The number of likely N-dealkylation sites (N-methyl/N-ethyl adjacent to an activating group) is 1. The highest BCUT2D eigenvalue weighted by Crippen LogP contribution is 2.24. The molecular weight excluding hydrogens is 254 g/mol. The van der Waals surface area contributed by atoms with Crippen molar-refractivity contribution < 1.29 is 13.2 Å². The molecule has 0 aliphatic rings. The first kappa shape index (κ1) is 14.5. The zero-order chi connectivity index (χ0) is 14.1. The number of carbonyl (C=O) groups excluding carboxylic acids is 1. The van der Waals surface area contributed by atoms with Crippen LogP contribution in [0.25, 0.3) is 0 Å². The number of rotatable bonds is 4. The molecule has 0 atom stereocenters. The van der Waals surface area contributed by atoms with Crippen LogP contribution in [-0.4, -0.2) is 32.2 Å². The van der Waals surface area contributed by atoms with Gasteiger partial charge in [0.2, 0.25) is 15.9 Å². The molecule has 0 radical (unpaired) electrons. The molecule has 4 N–H and O–H groups in total. The van der Waals surface area contributed by atoms with Crippen LogP contribution in [0.2, 0.25) is 0 Å². The number of benzene rings is 1. The normalized spacial score (nSPS) is 11.8. The maximum absolute atomic E-state index is 12.2. The van der Waals surface area contributed by atoms with E-state index < -0.39 is 15.9 Å². The van der Waals surface area contributed by atoms with Crippen LogP contribution < -0.4 is 11.5 Å². The summed E-state index contributed by atoms with van der Waals surface area (Å²) in [4.78, 5) is 10.8. The molecule has 0 aliphatic carbocycles. The number of aryl methyl sites for hydroxylation is 2. The van der Waals surface area contributed by atoms with Crippen LogP contribution in [0.3, 0.4) is 0 Å². The summed E-state index contributed by atoms with van der Waals surface area (Å²) in [6.45, 7) is 3.26. The molecule has 0 unspecified atom stereocenters. The molecule has 0 saturated heterocycles. The van der Waals surface area contributed by atoms with Crippen LogP contribution in [0.15, 0.2) is 17.0 Å². The molecule has 1 amide bonds. The first-order valence-corrected chi connectivity index (χ1v) is 6.71. The predicted molar refractivity (Wildman–Crippen MR) is 69.3 cm³/mol. The Morgan fingerprint density at radius 3 is 2.28 bits per heavy atom. The van der Waals surface area contributed by atoms with Gasteiger partial charge in [-0.3, -0.25) is 4.79 Å². The second-order valence-corrected chi connectivity index (χ2v) is 6.21. The lowest BCUT2D eigenvalue weighted by atomic mass is 10.1. The number of amides is 1. The molecule has 6 nitrogen and oxygen atoms in total. The van der Waals surface area contributed by atoms with E-state index in [2.05, 4.69) is 0 Å². The zero-order valence-corrected chi connectivity index (χ0v) is 11.4. The molecule has 0 aliphatic heterocycles. The predicted octanol–water partition coefficient (Wildman–Crippen LogP) is -0.00856. The number of nitrogens with two attached hydrogens (primary N) is 2. The summed E-state index contributed by atoms with van der Waals surface area (Å²) >= 11 is 0. The van der Waals surface area contributed by atoms with Crippen molar-refractivity contribution >= 4 is 21.6 Å². The van der Waals surface area contributed by atoms with E-state index in [1.165, 1.54) is 13.1 Å². The number of primary amides is 1. The molecular formula is C11H17N3O3S. The minimum absolute atomic E-state index is 0.00523. The van der Waals surface area contributed by atoms with Crippen molar-refractivity contribution in [1.29, 1.82) is 0 Å². The minimum atomic E-state index is -3.80. The number of sulfonamides is 1. The minimum Gasteiger partial charge on any atom is -0.398 e. The number of anilines is 1. The van der Waals surface area contributed by atoms with Crippen LogP contribution in [0.1, 0.15) is 11.1 Å². The van der Waals surface area contributed by atoms with Gasteiger partial charge in [-0.2, -0.15) is 4.31 Å². The number of nitrogen functional groups attached to an aromatic ring is 1. The van der Waals surface area contributed by atoms with E-state index in [1.807, 2.05) is 6.92 Å². The Morgan fingerprint density at radius 2 is 1.78 bits per heavy atom. The molecule has 18 heavy (non-hydrogen) atoms. The average molecular weight is 271 g/mol. The Balaban J connectivity index is 3.29. The molecule has 0 bridgehead atoms. The molecule has 7 heteroatoms. The van der Waals surface area contributed by atoms with Gasteiger partial charge in [0.25, 0.3) is 0 Å². The fourth-order valence-electron chi connectivity index (χ4n) is 1.51. The van der Waals surface area contributed by atoms with E-state index in [1.54, 1.807) is 13.0 Å². The first-order chi connectivity index (χ1) is 8.16. The third-order valence-corrected chi connectivity index (χ3v) is 4.55. The van der Waals surface area contributed by atoms with Crippen LogP contribution in [0.5, 0.6) is 0 Å². The van der Waals surface area contributed by atoms with E-state index in [4.69, 9.17) is 11.5 Å². The summed E-state index contributed by atoms with van der Waals surface area (Å²) in [6.07, 6.45) is 0. The second-order valence-electron chi connectivity index (χ2n) is 4.20. The fourth-order valence-corrected chi connectivity index (χ4v) is 2.82. The Labute approximate surface area is 107 Å². The molecule has 1 rings (SSSR count). The largest absolute Gasteiger partial charge is 0.398 e. The van der Waals surface area contributed by atoms with Crippen LogP contribution in [0.4, 0.5) is 5.69 Å². The Morgan fingerprint density at radius 1 is 1.28 bits per heavy atom. The molecule has 1 aromatic rings. The fraction of sp³-hybridized carbons (Fsp3) is 0.364. The lowest BCUT2D eigenvalue weighted by Gasteiger charge is -2.17. The smallest absolute Gasteiger partial charge is 0.245 e. The summed E-state index contributed by atoms with van der Waals surface area (Å²) in [5.74, 6) is -0.719. The zero-order valence-electron chi connectivity index (χ0n) is 10.6. The SMILES string of the molecule is Cc1cc(N)c(S(=O)(=O)N(C)CC(N)=O)cc1C. The maximum atomic E-state index is 12.2. The molecule has 0 spiro atoms. The van der Waals surface area contributed by atoms with E-state index in [0.29, 0.717) is 0 Å². The van der Waals surface area contributed by atoms with Gasteiger partial charge in [-0.1, -0.05) is 0 Å². The molecule has 100 valence electrons. The van der Waals surface area contributed by atoms with Crippen molar-refractivity contribution in [2.45, 2.75) is 18.7 Å². The van der Waals surface area contributed by atoms with Crippen molar-refractivity contribution in [3.05, 3.63) is 23.3 Å². The number of nitrogens with zero attached hydrogens (tertiary/aromatic N) is 1. The summed E-state index contributed by atoms with van der Waals surface area (Å²) < 4.78 is 25.3. The van der Waals surface area contributed by atoms with Gasteiger partial charge in [0, 0.05) is 7.05 Å². The maximum Gasteiger partial charge on any atom is 0.245 e. The van der Waals surface area contributed by atoms with E-state index >= 15 is 0 Å². The van der Waals surface area contributed by atoms with Gasteiger partial charge in [0.15, 0.2) is 0 Å². The Bertz CT molecular complexity index is 581. The first-order valence-electron chi connectivity index (χ1n) is 5.27. The van der Waals surface area contributed by atoms with Crippen molar-refractivity contribution in [2.75, 3.05) is 19.3 Å². The lowest BCUT2D eigenvalue weighted by molar-refractivity contribution is -0.118. The van der Waals surface area contributed by atoms with Gasteiger partial charge in [-0.25, -0.2) is 8.42 Å². The topological polar surface area (TPSA) is 106 Å². The number of hydrogen-bond donors (Lipinski definition) is 2. The van der Waals surface area contributed by atoms with Crippen molar-refractivity contribution in [3.63, 3.8) is 0 Å². The average Bonchev–Trinajstić information content (AvgIpc) is 2.22. The van der Waals surface area contributed by atoms with Gasteiger partial charge in [-0.05, 0) is 37.1 Å². The molecule has 0 saturated carbocycles. The second kappa shape index (κ2) is 4.95. The highest BCUT2D eigenvalue weighted by atomic mass is 32.2. The van der Waals surface area contributed by atoms with Crippen molar-refractivity contribution in [1.82, 2.24) is 4.31 Å². The quantitative estimate of drug-likeness (QED) is 0.751. The Hall–Kier alpha value is -1.60. The highest BCUT2D eigenvalue weighted by Gasteiger charge is 2.24. The van der Waals surface area contributed by atoms with Gasteiger partial charge in [-0.15, -0.1) is 0 Å². The van der Waals surface area contributed by atoms with Crippen LogP contribution in [-0.2, 0) is 14.8 Å². The molecule has 0 aromatic heterocycles. The lowest BCUT2D eigenvalue weighted by Crippen LogP contribution is -2.35. The van der Waals surface area contributed by atoms with Crippen LogP contribution >= 0.6 is 0 Å². The summed E-state index contributed by atoms with van der Waals surface area (Å²) in [6, 6.07) is 3.10. The van der Waals surface area contributed by atoms with Crippen LogP contribution in [0, 0.1) is 13.8 Å². The van der Waals surface area contributed by atoms with Crippen molar-refractivity contribution in [3.8, 4) is 0 Å². The summed E-state index contributed by atoms with van der Waals surface area (Å²) in [7, 11) is -2.51. The third kappa shape index (κ3) is 2.80. The van der Waals surface area contributed by atoms with Gasteiger partial charge < -0.3 is 11.5 Å². The summed E-state index contributed by atoms with van der Waals surface area (Å²) in [5.41, 5.74) is 12.6.